The lowest BCUT2D eigenvalue weighted by molar-refractivity contribution is 0.411. The fourth-order valence-electron chi connectivity index (χ4n) is 2.83. The van der Waals surface area contributed by atoms with Gasteiger partial charge in [-0.05, 0) is 42.5 Å². The second-order valence-electron chi connectivity index (χ2n) is 7.38. The standard InChI is InChI=1S/C20H19N3O3S/c1-20(2,3)19-22-16-12-13(9-10-17(16)26-19)23-27(24,25)18-8-4-7-15-14(18)6-5-11-21-15/h4-12,23H,1-3H3. The monoisotopic (exact) mass is 381 g/mol. The first kappa shape index (κ1) is 17.5. The summed E-state index contributed by atoms with van der Waals surface area (Å²) in [5, 5.41) is 0.574. The lowest BCUT2D eigenvalue weighted by Crippen LogP contribution is -2.13. The van der Waals surface area contributed by atoms with Gasteiger partial charge in [0.15, 0.2) is 5.58 Å². The van der Waals surface area contributed by atoms with Gasteiger partial charge >= 0.3 is 0 Å². The van der Waals surface area contributed by atoms with Gasteiger partial charge in [-0.25, -0.2) is 13.4 Å². The number of anilines is 1. The molecule has 0 unspecified atom stereocenters. The Labute approximate surface area is 157 Å². The third-order valence-electron chi connectivity index (χ3n) is 4.18. The first-order chi connectivity index (χ1) is 12.7. The summed E-state index contributed by atoms with van der Waals surface area (Å²) >= 11 is 0. The number of benzene rings is 2. The van der Waals surface area contributed by atoms with Crippen molar-refractivity contribution >= 4 is 37.7 Å². The molecule has 2 aromatic heterocycles. The summed E-state index contributed by atoms with van der Waals surface area (Å²) < 4.78 is 34.3. The Bertz CT molecular complexity index is 1250. The van der Waals surface area contributed by atoms with Crippen molar-refractivity contribution in [1.29, 1.82) is 0 Å². The van der Waals surface area contributed by atoms with Gasteiger partial charge < -0.3 is 4.42 Å². The first-order valence-electron chi connectivity index (χ1n) is 8.52. The summed E-state index contributed by atoms with van der Waals surface area (Å²) in [6, 6.07) is 13.6. The number of nitrogens with zero attached hydrogens (tertiary/aromatic N) is 2. The van der Waals surface area contributed by atoms with Crippen LogP contribution in [0.5, 0.6) is 0 Å². The van der Waals surface area contributed by atoms with E-state index in [1.54, 1.807) is 54.7 Å². The fourth-order valence-corrected chi connectivity index (χ4v) is 4.10. The van der Waals surface area contributed by atoms with E-state index in [2.05, 4.69) is 14.7 Å². The van der Waals surface area contributed by atoms with Crippen molar-refractivity contribution in [2.45, 2.75) is 31.1 Å². The van der Waals surface area contributed by atoms with Gasteiger partial charge in [0.25, 0.3) is 10.0 Å². The molecule has 0 aliphatic heterocycles. The third kappa shape index (κ3) is 3.26. The molecule has 7 heteroatoms. The zero-order valence-corrected chi connectivity index (χ0v) is 16.0. The number of oxazole rings is 1. The maximum Gasteiger partial charge on any atom is 0.262 e. The number of hydrogen-bond acceptors (Lipinski definition) is 5. The Morgan fingerprint density at radius 2 is 1.81 bits per heavy atom. The molecule has 138 valence electrons. The Morgan fingerprint density at radius 3 is 2.59 bits per heavy atom. The highest BCUT2D eigenvalue weighted by Crippen LogP contribution is 2.29. The number of pyridine rings is 1. The van der Waals surface area contributed by atoms with Crippen LogP contribution < -0.4 is 4.72 Å². The Hall–Kier alpha value is -2.93. The molecule has 0 amide bonds. The van der Waals surface area contributed by atoms with Crippen LogP contribution >= 0.6 is 0 Å². The minimum Gasteiger partial charge on any atom is -0.440 e. The minimum absolute atomic E-state index is 0.184. The maximum atomic E-state index is 12.9. The van der Waals surface area contributed by atoms with Crippen LogP contribution in [0, 0.1) is 0 Å². The number of hydrogen-bond donors (Lipinski definition) is 1. The molecule has 27 heavy (non-hydrogen) atoms. The topological polar surface area (TPSA) is 85.1 Å². The molecular weight excluding hydrogens is 362 g/mol. The predicted molar refractivity (Wildman–Crippen MR) is 105 cm³/mol. The largest absolute Gasteiger partial charge is 0.440 e. The number of nitrogens with one attached hydrogen (secondary N) is 1. The molecule has 2 heterocycles. The second kappa shape index (κ2) is 6.06. The SMILES string of the molecule is CC(C)(C)c1nc2cc(NS(=O)(=O)c3cccc4ncccc34)ccc2o1. The number of fused-ring (bicyclic) bond motifs is 2. The van der Waals surface area contributed by atoms with Gasteiger partial charge in [0.2, 0.25) is 5.89 Å². The van der Waals surface area contributed by atoms with Gasteiger partial charge in [0.1, 0.15) is 5.52 Å². The Morgan fingerprint density at radius 1 is 1.00 bits per heavy atom. The van der Waals surface area contributed by atoms with Gasteiger partial charge in [0.05, 0.1) is 16.1 Å². The molecule has 0 spiro atoms. The van der Waals surface area contributed by atoms with Gasteiger partial charge in [-0.2, -0.15) is 0 Å². The summed E-state index contributed by atoms with van der Waals surface area (Å²) in [7, 11) is -3.78. The normalized spacial score (nSPS) is 12.6. The van der Waals surface area contributed by atoms with Crippen LogP contribution in [-0.4, -0.2) is 18.4 Å². The van der Waals surface area contributed by atoms with Crippen molar-refractivity contribution < 1.29 is 12.8 Å². The van der Waals surface area contributed by atoms with Gasteiger partial charge in [0, 0.05) is 17.0 Å². The maximum absolute atomic E-state index is 12.9. The molecule has 2 aromatic carbocycles. The van der Waals surface area contributed by atoms with Crippen LogP contribution in [0.4, 0.5) is 5.69 Å². The van der Waals surface area contributed by atoms with E-state index in [1.165, 1.54) is 0 Å². The van der Waals surface area contributed by atoms with Crippen molar-refractivity contribution in [2.24, 2.45) is 0 Å². The lowest BCUT2D eigenvalue weighted by atomic mass is 9.97. The zero-order valence-electron chi connectivity index (χ0n) is 15.2. The van der Waals surface area contributed by atoms with E-state index in [1.807, 2.05) is 20.8 Å². The highest BCUT2D eigenvalue weighted by molar-refractivity contribution is 7.93. The van der Waals surface area contributed by atoms with E-state index in [4.69, 9.17) is 4.42 Å². The van der Waals surface area contributed by atoms with E-state index in [0.717, 1.165) is 0 Å². The van der Waals surface area contributed by atoms with Gasteiger partial charge in [-0.1, -0.05) is 26.8 Å². The predicted octanol–water partition coefficient (Wildman–Crippen LogP) is 4.47. The molecule has 0 fully saturated rings. The number of rotatable bonds is 3. The van der Waals surface area contributed by atoms with E-state index in [0.29, 0.717) is 33.6 Å². The van der Waals surface area contributed by atoms with E-state index in [9.17, 15) is 8.42 Å². The highest BCUT2D eigenvalue weighted by Gasteiger charge is 2.22. The summed E-state index contributed by atoms with van der Waals surface area (Å²) in [5.41, 5.74) is 2.06. The summed E-state index contributed by atoms with van der Waals surface area (Å²) in [5.74, 6) is 0.609. The zero-order chi connectivity index (χ0) is 19.2. The molecule has 0 aliphatic carbocycles. The first-order valence-corrected chi connectivity index (χ1v) is 10.00. The van der Waals surface area contributed by atoms with Crippen LogP contribution in [-0.2, 0) is 15.4 Å². The highest BCUT2D eigenvalue weighted by atomic mass is 32.2. The van der Waals surface area contributed by atoms with E-state index in [-0.39, 0.29) is 10.3 Å². The van der Waals surface area contributed by atoms with Crippen molar-refractivity contribution in [3.63, 3.8) is 0 Å². The molecule has 4 rings (SSSR count). The minimum atomic E-state index is -3.78. The van der Waals surface area contributed by atoms with Gasteiger partial charge in [-0.15, -0.1) is 0 Å². The summed E-state index contributed by atoms with van der Waals surface area (Å²) in [4.78, 5) is 8.88. The quantitative estimate of drug-likeness (QED) is 0.566. The number of aromatic nitrogens is 2. The lowest BCUT2D eigenvalue weighted by Gasteiger charge is -2.11. The third-order valence-corrected chi connectivity index (χ3v) is 5.62. The molecule has 0 saturated heterocycles. The second-order valence-corrected chi connectivity index (χ2v) is 9.03. The smallest absolute Gasteiger partial charge is 0.262 e. The molecule has 0 saturated carbocycles. The van der Waals surface area contributed by atoms with Crippen molar-refractivity contribution in [2.75, 3.05) is 4.72 Å². The molecular formula is C20H19N3O3S. The van der Waals surface area contributed by atoms with Crippen LogP contribution in [0.1, 0.15) is 26.7 Å². The number of sulfonamides is 1. The fraction of sp³-hybridized carbons (Fsp3) is 0.200. The average Bonchev–Trinajstić information content (AvgIpc) is 3.04. The Balaban J connectivity index is 1.74. The van der Waals surface area contributed by atoms with Crippen LogP contribution in [0.15, 0.2) is 64.0 Å². The average molecular weight is 381 g/mol. The van der Waals surface area contributed by atoms with Crippen LogP contribution in [0.3, 0.4) is 0 Å². The van der Waals surface area contributed by atoms with Crippen LogP contribution in [0.25, 0.3) is 22.0 Å². The molecule has 0 aliphatic rings. The molecule has 4 aromatic rings. The van der Waals surface area contributed by atoms with Gasteiger partial charge in [-0.3, -0.25) is 9.71 Å². The molecule has 6 nitrogen and oxygen atoms in total. The molecule has 0 radical (unpaired) electrons. The summed E-state index contributed by atoms with van der Waals surface area (Å²) in [6.07, 6.45) is 1.64. The molecule has 1 N–H and O–H groups in total. The van der Waals surface area contributed by atoms with Crippen molar-refractivity contribution in [1.82, 2.24) is 9.97 Å². The molecule has 0 bridgehead atoms. The van der Waals surface area contributed by atoms with Crippen molar-refractivity contribution in [3.05, 3.63) is 60.6 Å². The van der Waals surface area contributed by atoms with Crippen molar-refractivity contribution in [3.8, 4) is 0 Å². The summed E-state index contributed by atoms with van der Waals surface area (Å²) in [6.45, 7) is 6.03. The van der Waals surface area contributed by atoms with E-state index < -0.39 is 10.0 Å². The Kier molecular flexibility index (Phi) is 3.92. The molecule has 0 atom stereocenters. The van der Waals surface area contributed by atoms with E-state index >= 15 is 0 Å². The van der Waals surface area contributed by atoms with Crippen LogP contribution in [0.2, 0.25) is 0 Å².